The Hall–Kier alpha value is -0.740. The molecule has 0 bridgehead atoms. The zero-order valence-electron chi connectivity index (χ0n) is 8.42. The van der Waals surface area contributed by atoms with E-state index in [1.807, 2.05) is 6.92 Å². The molecular weight excluding hydrogens is 232 g/mol. The van der Waals surface area contributed by atoms with Crippen LogP contribution in [0.4, 0.5) is 0 Å². The Balaban J connectivity index is 2.42. The van der Waals surface area contributed by atoms with Crippen molar-refractivity contribution >= 4 is 29.1 Å². The summed E-state index contributed by atoms with van der Waals surface area (Å²) >= 11 is 7.58. The van der Waals surface area contributed by atoms with Gasteiger partial charge in [-0.3, -0.25) is 0 Å². The summed E-state index contributed by atoms with van der Waals surface area (Å²) in [4.78, 5) is 9.43. The number of aromatic nitrogens is 2. The fourth-order valence-corrected chi connectivity index (χ4v) is 2.77. The number of rotatable bonds is 3. The Kier molecular flexibility index (Phi) is 3.17. The van der Waals surface area contributed by atoms with Crippen LogP contribution < -0.4 is 0 Å². The van der Waals surface area contributed by atoms with Crippen molar-refractivity contribution in [1.29, 1.82) is 0 Å². The van der Waals surface area contributed by atoms with Gasteiger partial charge >= 0.3 is 0 Å². The second-order valence-electron chi connectivity index (χ2n) is 3.07. The van der Waals surface area contributed by atoms with Gasteiger partial charge in [0.15, 0.2) is 0 Å². The summed E-state index contributed by atoms with van der Waals surface area (Å²) in [6.07, 6.45) is 0.939. The average molecular weight is 243 g/mol. The predicted molar refractivity (Wildman–Crippen MR) is 62.1 cm³/mol. The molecule has 2 heterocycles. The van der Waals surface area contributed by atoms with Crippen LogP contribution in [-0.4, -0.2) is 22.3 Å². The molecular formula is C10H11ClN2OS. The SMILES string of the molecule is C=C(OCC)c1nc(Cl)nc2c1SCC2. The highest BCUT2D eigenvalue weighted by Crippen LogP contribution is 2.35. The molecule has 0 unspecified atom stereocenters. The minimum atomic E-state index is 0.270. The zero-order chi connectivity index (χ0) is 10.8. The molecule has 1 aliphatic heterocycles. The second kappa shape index (κ2) is 4.41. The van der Waals surface area contributed by atoms with Gasteiger partial charge in [-0.25, -0.2) is 9.97 Å². The van der Waals surface area contributed by atoms with Crippen molar-refractivity contribution in [2.45, 2.75) is 18.2 Å². The number of hydrogen-bond acceptors (Lipinski definition) is 4. The lowest BCUT2D eigenvalue weighted by atomic mass is 10.2. The third-order valence-electron chi connectivity index (χ3n) is 2.08. The van der Waals surface area contributed by atoms with Crippen molar-refractivity contribution in [2.24, 2.45) is 0 Å². The summed E-state index contributed by atoms with van der Waals surface area (Å²) in [7, 11) is 0. The molecule has 2 rings (SSSR count). The molecule has 0 spiro atoms. The van der Waals surface area contributed by atoms with Gasteiger partial charge in [0.25, 0.3) is 0 Å². The molecule has 5 heteroatoms. The first-order valence-electron chi connectivity index (χ1n) is 4.73. The molecule has 0 atom stereocenters. The predicted octanol–water partition coefficient (Wildman–Crippen LogP) is 2.79. The average Bonchev–Trinajstić information content (AvgIpc) is 2.64. The zero-order valence-corrected chi connectivity index (χ0v) is 9.99. The van der Waals surface area contributed by atoms with E-state index >= 15 is 0 Å². The molecule has 3 nitrogen and oxygen atoms in total. The fourth-order valence-electron chi connectivity index (χ4n) is 1.47. The van der Waals surface area contributed by atoms with Crippen LogP contribution in [0, 0.1) is 0 Å². The third kappa shape index (κ3) is 2.11. The van der Waals surface area contributed by atoms with Crippen LogP contribution in [0.1, 0.15) is 18.3 Å². The van der Waals surface area contributed by atoms with Gasteiger partial charge in [-0.05, 0) is 18.5 Å². The molecule has 0 N–H and O–H groups in total. The maximum absolute atomic E-state index is 5.84. The highest BCUT2D eigenvalue weighted by molar-refractivity contribution is 7.99. The van der Waals surface area contributed by atoms with Crippen LogP contribution in [0.3, 0.4) is 0 Å². The Bertz CT molecular complexity index is 409. The molecule has 1 aromatic rings. The highest BCUT2D eigenvalue weighted by atomic mass is 35.5. The van der Waals surface area contributed by atoms with Crippen LogP contribution in [0.2, 0.25) is 5.28 Å². The summed E-state index contributed by atoms with van der Waals surface area (Å²) in [6.45, 7) is 6.35. The molecule has 0 amide bonds. The van der Waals surface area contributed by atoms with E-state index in [1.165, 1.54) is 0 Å². The molecule has 0 saturated heterocycles. The molecule has 0 aliphatic carbocycles. The summed E-state index contributed by atoms with van der Waals surface area (Å²) in [5, 5.41) is 0.270. The van der Waals surface area contributed by atoms with E-state index in [9.17, 15) is 0 Å². The Morgan fingerprint density at radius 1 is 1.60 bits per heavy atom. The van der Waals surface area contributed by atoms with E-state index in [1.54, 1.807) is 11.8 Å². The minimum absolute atomic E-state index is 0.270. The molecule has 15 heavy (non-hydrogen) atoms. The van der Waals surface area contributed by atoms with Crippen LogP contribution in [0.15, 0.2) is 11.5 Å². The molecule has 1 aromatic heterocycles. The van der Waals surface area contributed by atoms with Crippen molar-refractivity contribution < 1.29 is 4.74 Å². The van der Waals surface area contributed by atoms with E-state index in [2.05, 4.69) is 16.5 Å². The van der Waals surface area contributed by atoms with E-state index in [0.29, 0.717) is 12.4 Å². The summed E-state index contributed by atoms with van der Waals surface area (Å²) in [5.41, 5.74) is 1.75. The summed E-state index contributed by atoms with van der Waals surface area (Å²) in [5.74, 6) is 1.60. The molecule has 0 radical (unpaired) electrons. The van der Waals surface area contributed by atoms with Gasteiger partial charge in [-0.2, -0.15) is 0 Å². The molecule has 0 fully saturated rings. The number of hydrogen-bond donors (Lipinski definition) is 0. The van der Waals surface area contributed by atoms with Crippen molar-refractivity contribution in [3.8, 4) is 0 Å². The lowest BCUT2D eigenvalue weighted by Crippen LogP contribution is -2.00. The van der Waals surface area contributed by atoms with Crippen molar-refractivity contribution in [3.63, 3.8) is 0 Å². The summed E-state index contributed by atoms with van der Waals surface area (Å²) < 4.78 is 5.35. The van der Waals surface area contributed by atoms with Crippen molar-refractivity contribution in [2.75, 3.05) is 12.4 Å². The number of aryl methyl sites for hydroxylation is 1. The molecule has 0 aromatic carbocycles. The third-order valence-corrected chi connectivity index (χ3v) is 3.37. The maximum atomic E-state index is 5.84. The molecule has 80 valence electrons. The topological polar surface area (TPSA) is 35.0 Å². The highest BCUT2D eigenvalue weighted by Gasteiger charge is 2.21. The standard InChI is InChI=1S/C10H11ClN2OS/c1-3-14-6(2)8-9-7(4-5-15-9)12-10(11)13-8/h2-5H2,1H3. The van der Waals surface area contributed by atoms with Crippen LogP contribution in [-0.2, 0) is 11.2 Å². The van der Waals surface area contributed by atoms with Gasteiger partial charge in [0.05, 0.1) is 17.2 Å². The number of nitrogens with zero attached hydrogens (tertiary/aromatic N) is 2. The quantitative estimate of drug-likeness (QED) is 0.603. The van der Waals surface area contributed by atoms with Crippen LogP contribution in [0.25, 0.3) is 5.76 Å². The first kappa shape index (κ1) is 10.8. The monoisotopic (exact) mass is 242 g/mol. The first-order valence-corrected chi connectivity index (χ1v) is 6.10. The van der Waals surface area contributed by atoms with Crippen molar-refractivity contribution in [1.82, 2.24) is 9.97 Å². The maximum Gasteiger partial charge on any atom is 0.223 e. The summed E-state index contributed by atoms with van der Waals surface area (Å²) in [6, 6.07) is 0. The minimum Gasteiger partial charge on any atom is -0.492 e. The lowest BCUT2D eigenvalue weighted by Gasteiger charge is -2.09. The van der Waals surface area contributed by atoms with Gasteiger partial charge in [-0.1, -0.05) is 6.58 Å². The van der Waals surface area contributed by atoms with Crippen LogP contribution >= 0.6 is 23.4 Å². The van der Waals surface area contributed by atoms with Gasteiger partial charge in [0.1, 0.15) is 11.5 Å². The van der Waals surface area contributed by atoms with E-state index in [4.69, 9.17) is 16.3 Å². The second-order valence-corrected chi connectivity index (χ2v) is 4.51. The largest absolute Gasteiger partial charge is 0.492 e. The van der Waals surface area contributed by atoms with E-state index in [0.717, 1.165) is 28.5 Å². The Morgan fingerprint density at radius 2 is 2.40 bits per heavy atom. The van der Waals surface area contributed by atoms with Gasteiger partial charge < -0.3 is 4.74 Å². The smallest absolute Gasteiger partial charge is 0.223 e. The van der Waals surface area contributed by atoms with Gasteiger partial charge in [-0.15, -0.1) is 11.8 Å². The van der Waals surface area contributed by atoms with Gasteiger partial charge in [0, 0.05) is 12.2 Å². The molecule has 0 saturated carbocycles. The Labute approximate surface area is 97.9 Å². The normalized spacial score (nSPS) is 13.7. The molecule has 1 aliphatic rings. The van der Waals surface area contributed by atoms with E-state index in [-0.39, 0.29) is 5.28 Å². The first-order chi connectivity index (χ1) is 7.22. The van der Waals surface area contributed by atoms with Crippen LogP contribution in [0.5, 0.6) is 0 Å². The number of halogens is 1. The van der Waals surface area contributed by atoms with Crippen molar-refractivity contribution in [3.05, 3.63) is 23.3 Å². The van der Waals surface area contributed by atoms with Gasteiger partial charge in [0.2, 0.25) is 5.28 Å². The number of thioether (sulfide) groups is 1. The number of ether oxygens (including phenoxy) is 1. The number of fused-ring (bicyclic) bond motifs is 1. The lowest BCUT2D eigenvalue weighted by molar-refractivity contribution is 0.296. The fraction of sp³-hybridized carbons (Fsp3) is 0.400. The Morgan fingerprint density at radius 3 is 3.13 bits per heavy atom. The van der Waals surface area contributed by atoms with E-state index < -0.39 is 0 Å².